The van der Waals surface area contributed by atoms with Gasteiger partial charge in [-0.1, -0.05) is 36.4 Å². The van der Waals surface area contributed by atoms with Crippen molar-refractivity contribution in [2.24, 2.45) is 0 Å². The van der Waals surface area contributed by atoms with Crippen LogP contribution in [0.3, 0.4) is 0 Å². The predicted octanol–water partition coefficient (Wildman–Crippen LogP) is 5.02. The van der Waals surface area contributed by atoms with Crippen LogP contribution in [0.4, 0.5) is 11.4 Å². The first-order valence-electron chi connectivity index (χ1n) is 7.93. The molecule has 0 saturated heterocycles. The third kappa shape index (κ3) is 4.45. The largest absolute Gasteiger partial charge is 0.380 e. The van der Waals surface area contributed by atoms with Crippen LogP contribution in [0.5, 0.6) is 0 Å². The van der Waals surface area contributed by atoms with E-state index in [1.165, 1.54) is 11.1 Å². The van der Waals surface area contributed by atoms with Gasteiger partial charge in [0.2, 0.25) is 0 Å². The molecule has 3 rings (SSSR count). The van der Waals surface area contributed by atoms with E-state index in [-0.39, 0.29) is 5.91 Å². The second-order valence-corrected chi connectivity index (χ2v) is 6.53. The predicted molar refractivity (Wildman–Crippen MR) is 105 cm³/mol. The quantitative estimate of drug-likeness (QED) is 0.637. The molecule has 1 heterocycles. The van der Waals surface area contributed by atoms with E-state index in [0.717, 1.165) is 15.8 Å². The van der Waals surface area contributed by atoms with E-state index < -0.39 is 0 Å². The summed E-state index contributed by atoms with van der Waals surface area (Å²) < 4.78 is 0.838. The number of rotatable bonds is 5. The molecule has 0 bridgehead atoms. The maximum atomic E-state index is 12.4. The van der Waals surface area contributed by atoms with Crippen molar-refractivity contribution in [3.8, 4) is 0 Å². The maximum absolute atomic E-state index is 12.4. The second-order valence-electron chi connectivity index (χ2n) is 5.68. The normalized spacial score (nSPS) is 10.3. The van der Waals surface area contributed by atoms with Crippen molar-refractivity contribution in [2.45, 2.75) is 13.5 Å². The molecule has 0 spiro atoms. The molecule has 2 N–H and O–H groups in total. The molecule has 0 radical (unpaired) electrons. The first-order valence-corrected chi connectivity index (χ1v) is 8.72. The Balaban J connectivity index is 1.70. The summed E-state index contributed by atoms with van der Waals surface area (Å²) >= 11 is 3.43. The van der Waals surface area contributed by atoms with Crippen molar-refractivity contribution in [1.29, 1.82) is 0 Å². The molecule has 0 atom stereocenters. The summed E-state index contributed by atoms with van der Waals surface area (Å²) in [6, 6.07) is 17.5. The number of nitrogens with zero attached hydrogens (tertiary/aromatic N) is 1. The van der Waals surface area contributed by atoms with Crippen molar-refractivity contribution >= 4 is 33.2 Å². The van der Waals surface area contributed by atoms with Crippen molar-refractivity contribution in [3.05, 3.63) is 88.2 Å². The molecule has 126 valence electrons. The number of pyridine rings is 1. The topological polar surface area (TPSA) is 54.0 Å². The zero-order valence-electron chi connectivity index (χ0n) is 13.8. The molecule has 0 fully saturated rings. The lowest BCUT2D eigenvalue weighted by atomic mass is 10.1. The van der Waals surface area contributed by atoms with Crippen LogP contribution >= 0.6 is 15.9 Å². The Morgan fingerprint density at radius 3 is 2.64 bits per heavy atom. The number of para-hydroxylation sites is 1. The fourth-order valence-corrected chi connectivity index (χ4v) is 2.81. The highest BCUT2D eigenvalue weighted by Gasteiger charge is 2.09. The number of aromatic nitrogens is 1. The van der Waals surface area contributed by atoms with Gasteiger partial charge in [0.1, 0.15) is 0 Å². The fourth-order valence-electron chi connectivity index (χ4n) is 2.42. The van der Waals surface area contributed by atoms with E-state index in [1.807, 2.05) is 36.4 Å². The number of anilines is 2. The van der Waals surface area contributed by atoms with E-state index >= 15 is 0 Å². The zero-order chi connectivity index (χ0) is 17.6. The molecular weight excluding hydrogens is 378 g/mol. The van der Waals surface area contributed by atoms with E-state index in [2.05, 4.69) is 50.6 Å². The number of nitrogens with one attached hydrogen (secondary N) is 2. The maximum Gasteiger partial charge on any atom is 0.257 e. The Hall–Kier alpha value is -2.66. The molecule has 1 aromatic heterocycles. The summed E-state index contributed by atoms with van der Waals surface area (Å²) in [4.78, 5) is 16.6. The first-order chi connectivity index (χ1) is 12.1. The Labute approximate surface area is 155 Å². The minimum absolute atomic E-state index is 0.195. The van der Waals surface area contributed by atoms with Crippen LogP contribution in [0.25, 0.3) is 0 Å². The average Bonchev–Trinajstić information content (AvgIpc) is 2.63. The molecule has 2 aromatic carbocycles. The highest BCUT2D eigenvalue weighted by atomic mass is 79.9. The molecule has 0 saturated carbocycles. The number of carbonyl (C=O) groups excluding carboxylic acids is 1. The summed E-state index contributed by atoms with van der Waals surface area (Å²) in [6.45, 7) is 2.76. The van der Waals surface area contributed by atoms with E-state index in [4.69, 9.17) is 0 Å². The number of hydrogen-bond acceptors (Lipinski definition) is 3. The van der Waals surface area contributed by atoms with Crippen molar-refractivity contribution in [1.82, 2.24) is 4.98 Å². The molecule has 0 unspecified atom stereocenters. The minimum atomic E-state index is -0.195. The lowest BCUT2D eigenvalue weighted by Crippen LogP contribution is -2.13. The van der Waals surface area contributed by atoms with Crippen LogP contribution in [-0.2, 0) is 6.54 Å². The molecule has 0 aliphatic carbocycles. The third-order valence-corrected chi connectivity index (χ3v) is 4.56. The van der Waals surface area contributed by atoms with E-state index in [9.17, 15) is 4.79 Å². The number of halogens is 1. The van der Waals surface area contributed by atoms with E-state index in [1.54, 1.807) is 18.5 Å². The van der Waals surface area contributed by atoms with Gasteiger partial charge in [0.05, 0.1) is 16.9 Å². The first kappa shape index (κ1) is 17.2. The van der Waals surface area contributed by atoms with Gasteiger partial charge in [0.25, 0.3) is 5.91 Å². The standard InChI is InChI=1S/C20H18BrN3O/c1-14-6-2-3-7-15(14)12-23-17-10-16(11-22-13-17)20(25)24-19-9-5-4-8-18(19)21/h2-11,13,23H,12H2,1H3,(H,24,25). The summed E-state index contributed by atoms with van der Waals surface area (Å²) in [6.07, 6.45) is 3.28. The molecular formula is C20H18BrN3O. The number of benzene rings is 2. The van der Waals surface area contributed by atoms with Gasteiger partial charge < -0.3 is 10.6 Å². The Bertz CT molecular complexity index is 895. The van der Waals surface area contributed by atoms with Crippen molar-refractivity contribution < 1.29 is 4.79 Å². The minimum Gasteiger partial charge on any atom is -0.380 e. The van der Waals surface area contributed by atoms with Crippen LogP contribution in [0.15, 0.2) is 71.5 Å². The Kier molecular flexibility index (Phi) is 5.46. The van der Waals surface area contributed by atoms with Gasteiger partial charge in [-0.05, 0) is 52.2 Å². The Morgan fingerprint density at radius 2 is 1.84 bits per heavy atom. The smallest absolute Gasteiger partial charge is 0.257 e. The van der Waals surface area contributed by atoms with Gasteiger partial charge >= 0.3 is 0 Å². The van der Waals surface area contributed by atoms with Crippen LogP contribution in [0, 0.1) is 6.92 Å². The number of hydrogen-bond donors (Lipinski definition) is 2. The summed E-state index contributed by atoms with van der Waals surface area (Å²) in [5.41, 5.74) is 4.48. The average molecular weight is 396 g/mol. The molecule has 0 aliphatic heterocycles. The molecule has 0 aliphatic rings. The second kappa shape index (κ2) is 7.94. The van der Waals surface area contributed by atoms with Gasteiger partial charge in [-0.15, -0.1) is 0 Å². The number of carbonyl (C=O) groups is 1. The zero-order valence-corrected chi connectivity index (χ0v) is 15.4. The molecule has 3 aromatic rings. The van der Waals surface area contributed by atoms with Crippen molar-refractivity contribution in [3.63, 3.8) is 0 Å². The summed E-state index contributed by atoms with van der Waals surface area (Å²) in [7, 11) is 0. The molecule has 25 heavy (non-hydrogen) atoms. The van der Waals surface area contributed by atoms with Gasteiger partial charge in [0.15, 0.2) is 0 Å². The highest BCUT2D eigenvalue weighted by Crippen LogP contribution is 2.22. The van der Waals surface area contributed by atoms with Gasteiger partial charge in [-0.25, -0.2) is 0 Å². The van der Waals surface area contributed by atoms with Gasteiger partial charge in [-0.3, -0.25) is 9.78 Å². The summed E-state index contributed by atoms with van der Waals surface area (Å²) in [5.74, 6) is -0.195. The SMILES string of the molecule is Cc1ccccc1CNc1cncc(C(=O)Nc2ccccc2Br)c1. The van der Waals surface area contributed by atoms with Gasteiger partial charge in [0, 0.05) is 23.4 Å². The highest BCUT2D eigenvalue weighted by molar-refractivity contribution is 9.10. The van der Waals surface area contributed by atoms with Crippen LogP contribution < -0.4 is 10.6 Å². The number of aryl methyl sites for hydroxylation is 1. The number of amides is 1. The van der Waals surface area contributed by atoms with E-state index in [0.29, 0.717) is 12.1 Å². The fraction of sp³-hybridized carbons (Fsp3) is 0.100. The van der Waals surface area contributed by atoms with Crippen LogP contribution in [0.1, 0.15) is 21.5 Å². The molecule has 4 nitrogen and oxygen atoms in total. The van der Waals surface area contributed by atoms with Gasteiger partial charge in [-0.2, -0.15) is 0 Å². The van der Waals surface area contributed by atoms with Crippen LogP contribution in [0.2, 0.25) is 0 Å². The van der Waals surface area contributed by atoms with Crippen LogP contribution in [-0.4, -0.2) is 10.9 Å². The molecule has 1 amide bonds. The monoisotopic (exact) mass is 395 g/mol. The third-order valence-electron chi connectivity index (χ3n) is 3.87. The summed E-state index contributed by atoms with van der Waals surface area (Å²) in [5, 5.41) is 6.20. The lowest BCUT2D eigenvalue weighted by Gasteiger charge is -2.10. The van der Waals surface area contributed by atoms with Crippen molar-refractivity contribution in [2.75, 3.05) is 10.6 Å². The molecule has 5 heteroatoms. The Morgan fingerprint density at radius 1 is 1.08 bits per heavy atom. The lowest BCUT2D eigenvalue weighted by molar-refractivity contribution is 0.102.